The summed E-state index contributed by atoms with van der Waals surface area (Å²) in [5, 5.41) is 1.15. The van der Waals surface area contributed by atoms with E-state index >= 15 is 0 Å². The van der Waals surface area contributed by atoms with Crippen LogP contribution in [0.3, 0.4) is 0 Å². The van der Waals surface area contributed by atoms with Crippen molar-refractivity contribution in [2.75, 3.05) is 0 Å². The second kappa shape index (κ2) is 4.56. The minimum absolute atomic E-state index is 0.548. The van der Waals surface area contributed by atoms with Gasteiger partial charge in [0.2, 0.25) is 0 Å². The van der Waals surface area contributed by atoms with Crippen molar-refractivity contribution in [3.63, 3.8) is 0 Å². The van der Waals surface area contributed by atoms with Crippen molar-refractivity contribution in [1.29, 1.82) is 0 Å². The molecule has 2 aromatic carbocycles. The second-order valence-corrected chi connectivity index (χ2v) is 4.96. The maximum Gasteiger partial charge on any atom is 0.137 e. The maximum absolute atomic E-state index is 6.02. The highest BCUT2D eigenvalue weighted by Crippen LogP contribution is 2.31. The first-order chi connectivity index (χ1) is 9.19. The number of aryl methyl sites for hydroxylation is 2. The Morgan fingerprint density at radius 2 is 1.84 bits per heavy atom. The van der Waals surface area contributed by atoms with E-state index in [-0.39, 0.29) is 0 Å². The van der Waals surface area contributed by atoms with E-state index in [0.717, 1.165) is 33.4 Å². The molecule has 3 aromatic rings. The van der Waals surface area contributed by atoms with Crippen LogP contribution in [-0.4, -0.2) is 0 Å². The highest BCUT2D eigenvalue weighted by molar-refractivity contribution is 5.85. The lowest BCUT2D eigenvalue weighted by Crippen LogP contribution is -1.96. The van der Waals surface area contributed by atoms with Gasteiger partial charge in [-0.15, -0.1) is 0 Å². The largest absolute Gasteiger partial charge is 0.456 e. The lowest BCUT2D eigenvalue weighted by molar-refractivity contribution is 0.628. The average Bonchev–Trinajstić information content (AvgIpc) is 2.84. The van der Waals surface area contributed by atoms with Crippen molar-refractivity contribution in [3.05, 3.63) is 59.2 Å². The third-order valence-corrected chi connectivity index (χ3v) is 3.54. The summed E-state index contributed by atoms with van der Waals surface area (Å²) in [4.78, 5) is 0. The van der Waals surface area contributed by atoms with Crippen LogP contribution in [0.4, 0.5) is 0 Å². The number of nitrogens with two attached hydrogens (primary N) is 1. The van der Waals surface area contributed by atoms with Crippen molar-refractivity contribution in [1.82, 2.24) is 0 Å². The van der Waals surface area contributed by atoms with Gasteiger partial charge in [-0.1, -0.05) is 30.3 Å². The number of benzene rings is 2. The summed E-state index contributed by atoms with van der Waals surface area (Å²) in [6.07, 6.45) is 0. The number of para-hydroxylation sites is 1. The second-order valence-electron chi connectivity index (χ2n) is 4.96. The van der Waals surface area contributed by atoms with Gasteiger partial charge in [0.15, 0.2) is 0 Å². The summed E-state index contributed by atoms with van der Waals surface area (Å²) in [5.41, 5.74) is 11.3. The van der Waals surface area contributed by atoms with E-state index in [1.54, 1.807) is 0 Å². The zero-order chi connectivity index (χ0) is 13.4. The first-order valence-corrected chi connectivity index (χ1v) is 6.48. The zero-order valence-corrected chi connectivity index (χ0v) is 11.2. The van der Waals surface area contributed by atoms with Crippen LogP contribution in [0.15, 0.2) is 46.9 Å². The van der Waals surface area contributed by atoms with Crippen molar-refractivity contribution in [2.45, 2.75) is 20.4 Å². The lowest BCUT2D eigenvalue weighted by Gasteiger charge is -2.05. The van der Waals surface area contributed by atoms with Crippen LogP contribution in [0.1, 0.15) is 16.7 Å². The fraction of sp³-hybridized carbons (Fsp3) is 0.176. The Kier molecular flexibility index (Phi) is 2.88. The van der Waals surface area contributed by atoms with Crippen LogP contribution < -0.4 is 5.73 Å². The number of furan rings is 1. The van der Waals surface area contributed by atoms with E-state index in [1.165, 1.54) is 5.56 Å². The minimum atomic E-state index is 0.548. The highest BCUT2D eigenvalue weighted by Gasteiger charge is 2.10. The topological polar surface area (TPSA) is 39.2 Å². The first-order valence-electron chi connectivity index (χ1n) is 6.48. The van der Waals surface area contributed by atoms with E-state index in [1.807, 2.05) is 0 Å². The molecule has 1 heterocycles. The SMILES string of the molecule is Cc1ccc(CN)cc1-c1cc2cccc(C)c2o1. The van der Waals surface area contributed by atoms with E-state index in [4.69, 9.17) is 10.2 Å². The van der Waals surface area contributed by atoms with Crippen LogP contribution in [-0.2, 0) is 6.54 Å². The molecule has 0 aliphatic rings. The Balaban J connectivity index is 2.21. The standard InChI is InChI=1S/C17H17NO/c1-11-6-7-13(10-18)8-15(11)16-9-14-5-3-4-12(2)17(14)19-16/h3-9H,10,18H2,1-2H3. The molecule has 2 N–H and O–H groups in total. The molecule has 0 spiro atoms. The van der Waals surface area contributed by atoms with Crippen molar-refractivity contribution in [3.8, 4) is 11.3 Å². The van der Waals surface area contributed by atoms with E-state index in [2.05, 4.69) is 56.3 Å². The molecule has 0 amide bonds. The molecule has 96 valence electrons. The Bertz CT molecular complexity index is 740. The number of rotatable bonds is 2. The van der Waals surface area contributed by atoms with Gasteiger partial charge < -0.3 is 10.2 Å². The van der Waals surface area contributed by atoms with Gasteiger partial charge in [0.25, 0.3) is 0 Å². The van der Waals surface area contributed by atoms with Gasteiger partial charge >= 0.3 is 0 Å². The molecule has 1 aromatic heterocycles. The molecule has 0 radical (unpaired) electrons. The average molecular weight is 251 g/mol. The molecule has 2 heteroatoms. The normalized spacial score (nSPS) is 11.1. The van der Waals surface area contributed by atoms with E-state index in [9.17, 15) is 0 Å². The predicted molar refractivity (Wildman–Crippen MR) is 79.0 cm³/mol. The summed E-state index contributed by atoms with van der Waals surface area (Å²) >= 11 is 0. The van der Waals surface area contributed by atoms with Gasteiger partial charge in [0.1, 0.15) is 11.3 Å². The summed E-state index contributed by atoms with van der Waals surface area (Å²) in [6.45, 7) is 4.71. The lowest BCUT2D eigenvalue weighted by atomic mass is 10.0. The predicted octanol–water partition coefficient (Wildman–Crippen LogP) is 4.18. The molecule has 0 unspecified atom stereocenters. The summed E-state index contributed by atoms with van der Waals surface area (Å²) < 4.78 is 6.02. The number of hydrogen-bond acceptors (Lipinski definition) is 2. The molecule has 2 nitrogen and oxygen atoms in total. The van der Waals surface area contributed by atoms with Crippen molar-refractivity contribution >= 4 is 11.0 Å². The fourth-order valence-electron chi connectivity index (χ4n) is 2.40. The number of fused-ring (bicyclic) bond motifs is 1. The van der Waals surface area contributed by atoms with Gasteiger partial charge in [-0.3, -0.25) is 0 Å². The van der Waals surface area contributed by atoms with E-state index < -0.39 is 0 Å². The Morgan fingerprint density at radius 1 is 1.00 bits per heavy atom. The van der Waals surface area contributed by atoms with Crippen molar-refractivity contribution in [2.24, 2.45) is 5.73 Å². The molecule has 0 aliphatic heterocycles. The monoisotopic (exact) mass is 251 g/mol. The van der Waals surface area contributed by atoms with Crippen LogP contribution in [0.25, 0.3) is 22.3 Å². The minimum Gasteiger partial charge on any atom is -0.456 e. The molecule has 0 saturated heterocycles. The third kappa shape index (κ3) is 2.04. The van der Waals surface area contributed by atoms with Gasteiger partial charge in [-0.05, 0) is 42.7 Å². The molecule has 0 saturated carbocycles. The highest BCUT2D eigenvalue weighted by atomic mass is 16.3. The third-order valence-electron chi connectivity index (χ3n) is 3.54. The van der Waals surface area contributed by atoms with Crippen molar-refractivity contribution < 1.29 is 4.42 Å². The summed E-state index contributed by atoms with van der Waals surface area (Å²) in [5.74, 6) is 0.914. The Hall–Kier alpha value is -2.06. The molecule has 0 atom stereocenters. The fourth-order valence-corrected chi connectivity index (χ4v) is 2.40. The van der Waals surface area contributed by atoms with Gasteiger partial charge in [-0.25, -0.2) is 0 Å². The van der Waals surface area contributed by atoms with E-state index in [0.29, 0.717) is 6.54 Å². The molecule has 0 aliphatic carbocycles. The quantitative estimate of drug-likeness (QED) is 0.742. The number of hydrogen-bond donors (Lipinski definition) is 1. The first kappa shape index (κ1) is 12.0. The Morgan fingerprint density at radius 3 is 2.58 bits per heavy atom. The van der Waals surface area contributed by atoms with Gasteiger partial charge in [-0.2, -0.15) is 0 Å². The molecular weight excluding hydrogens is 234 g/mol. The summed E-state index contributed by atoms with van der Waals surface area (Å²) in [6, 6.07) is 14.6. The summed E-state index contributed by atoms with van der Waals surface area (Å²) in [7, 11) is 0. The molecular formula is C17H17NO. The zero-order valence-electron chi connectivity index (χ0n) is 11.2. The smallest absolute Gasteiger partial charge is 0.137 e. The van der Waals surface area contributed by atoms with Gasteiger partial charge in [0.05, 0.1) is 0 Å². The maximum atomic E-state index is 6.02. The van der Waals surface area contributed by atoms with Crippen LogP contribution >= 0.6 is 0 Å². The van der Waals surface area contributed by atoms with Gasteiger partial charge in [0, 0.05) is 17.5 Å². The van der Waals surface area contributed by atoms with Crippen LogP contribution in [0.5, 0.6) is 0 Å². The molecule has 3 rings (SSSR count). The van der Waals surface area contributed by atoms with Crippen LogP contribution in [0, 0.1) is 13.8 Å². The molecule has 0 fully saturated rings. The Labute approximate surface area is 112 Å². The molecule has 0 bridgehead atoms. The molecule has 19 heavy (non-hydrogen) atoms. The van der Waals surface area contributed by atoms with Crippen LogP contribution in [0.2, 0.25) is 0 Å².